The van der Waals surface area contributed by atoms with E-state index in [1.54, 1.807) is 24.3 Å². The summed E-state index contributed by atoms with van der Waals surface area (Å²) in [5.74, 6) is -0.806. The van der Waals surface area contributed by atoms with Crippen molar-refractivity contribution in [1.82, 2.24) is 9.55 Å². The number of hydrogen-bond donors (Lipinski definition) is 6. The highest BCUT2D eigenvalue weighted by atomic mass is 31.3. The number of hydrogen-bond acceptors (Lipinski definition) is 16. The van der Waals surface area contributed by atoms with E-state index in [0.717, 1.165) is 75.0 Å². The highest BCUT2D eigenvalue weighted by Gasteiger charge is 2.46. The number of aliphatic hydroxyl groups excluding tert-OH is 3. The number of nitrogen functional groups attached to an aromatic ring is 1. The minimum absolute atomic E-state index is 0.00762. The van der Waals surface area contributed by atoms with E-state index in [-0.39, 0.29) is 25.1 Å². The number of anilines is 1. The lowest BCUT2D eigenvalue weighted by molar-refractivity contribution is -0.161. The molecule has 1 aliphatic heterocycles. The molecule has 2 rings (SSSR count). The van der Waals surface area contributed by atoms with Gasteiger partial charge < -0.3 is 45.1 Å². The Hall–Kier alpha value is -3.84. The van der Waals surface area contributed by atoms with E-state index in [9.17, 15) is 48.6 Å². The van der Waals surface area contributed by atoms with Crippen molar-refractivity contribution >= 4 is 33.4 Å². The maximum Gasteiger partial charge on any atom is 0.481 e. The first-order valence-corrected chi connectivity index (χ1v) is 26.4. The number of nitrogens with zero attached hydrogens (tertiary/aromatic N) is 2. The Morgan fingerprint density at radius 2 is 1.49 bits per heavy atom. The molecule has 1 saturated heterocycles. The Kier molecular flexibility index (Phi) is 30.5. The quantitative estimate of drug-likeness (QED) is 0.0123. The molecule has 1 aromatic heterocycles. The predicted octanol–water partition coefficient (Wildman–Crippen LogP) is 7.77. The first-order valence-electron chi connectivity index (χ1n) is 23.5. The fourth-order valence-corrected chi connectivity index (χ4v) is 8.51. The van der Waals surface area contributed by atoms with E-state index in [2.05, 4.69) is 66.5 Å². The minimum Gasteiger partial charge on any atom is -0.462 e. The topological polar surface area (TPSA) is 286 Å². The fraction of sp³-hybridized carbons (Fsp3) is 0.617. The third-order valence-corrected chi connectivity index (χ3v) is 13.0. The largest absolute Gasteiger partial charge is 0.481 e. The Balaban J connectivity index is 1.87. The fourth-order valence-electron chi connectivity index (χ4n) is 6.40. The number of aliphatic hydroxyl groups is 3. The van der Waals surface area contributed by atoms with Gasteiger partial charge in [0.15, 0.2) is 12.3 Å². The molecule has 0 radical (unpaired) electrons. The number of allylic oxidation sites excluding steroid dienone is 10. The molecule has 4 unspecified atom stereocenters. The van der Waals surface area contributed by atoms with E-state index in [1.165, 1.54) is 12.5 Å². The van der Waals surface area contributed by atoms with Crippen molar-refractivity contribution in [2.45, 2.75) is 160 Å². The van der Waals surface area contributed by atoms with Crippen LogP contribution in [0.25, 0.3) is 0 Å². The molecule has 384 valence electrons. The van der Waals surface area contributed by atoms with Gasteiger partial charge in [0.1, 0.15) is 30.7 Å². The van der Waals surface area contributed by atoms with Crippen molar-refractivity contribution in [3.8, 4) is 0 Å². The maximum atomic E-state index is 12.8. The van der Waals surface area contributed by atoms with Gasteiger partial charge in [-0.3, -0.25) is 23.2 Å². The second kappa shape index (κ2) is 34.5. The van der Waals surface area contributed by atoms with Crippen LogP contribution in [0.1, 0.15) is 130 Å². The van der Waals surface area contributed by atoms with Crippen molar-refractivity contribution in [3.63, 3.8) is 0 Å². The average Bonchev–Trinajstić information content (AvgIpc) is 3.57. The number of esters is 2. The average molecular weight is 1000 g/mol. The Labute approximate surface area is 400 Å². The summed E-state index contributed by atoms with van der Waals surface area (Å²) in [6.07, 6.45) is 27.8. The molecule has 1 aliphatic rings. The van der Waals surface area contributed by atoms with Gasteiger partial charge >= 0.3 is 33.3 Å². The molecule has 21 heteroatoms. The molecule has 0 spiro atoms. The van der Waals surface area contributed by atoms with Crippen LogP contribution in [0.4, 0.5) is 5.82 Å². The Morgan fingerprint density at radius 1 is 0.838 bits per heavy atom. The molecule has 68 heavy (non-hydrogen) atoms. The number of phosphoric acid groups is 2. The van der Waals surface area contributed by atoms with Crippen molar-refractivity contribution in [1.29, 1.82) is 0 Å². The van der Waals surface area contributed by atoms with E-state index < -0.39 is 89.8 Å². The third-order valence-electron chi connectivity index (χ3n) is 10.4. The number of carbonyl (C=O) groups excluding carboxylic acids is 2. The summed E-state index contributed by atoms with van der Waals surface area (Å²) in [6.45, 7) is 4.05. The van der Waals surface area contributed by atoms with Crippen LogP contribution in [0, 0.1) is 5.92 Å². The van der Waals surface area contributed by atoms with Crippen LogP contribution in [0.5, 0.6) is 0 Å². The number of aromatic nitrogens is 2. The highest BCUT2D eigenvalue weighted by molar-refractivity contribution is 7.61. The number of phosphoric ester groups is 2. The van der Waals surface area contributed by atoms with Crippen LogP contribution >= 0.6 is 15.6 Å². The second-order valence-corrected chi connectivity index (χ2v) is 19.4. The molecular weight excluding hydrogens is 924 g/mol. The second-order valence-electron chi connectivity index (χ2n) is 16.3. The number of nitrogens with two attached hydrogens (primary N) is 1. The number of unbranched alkanes of at least 4 members (excludes halogenated alkanes) is 5. The monoisotopic (exact) mass is 999 g/mol. The lowest BCUT2D eigenvalue weighted by Crippen LogP contribution is -2.36. The van der Waals surface area contributed by atoms with E-state index in [1.807, 2.05) is 12.2 Å². The summed E-state index contributed by atoms with van der Waals surface area (Å²) >= 11 is 0. The van der Waals surface area contributed by atoms with Crippen molar-refractivity contribution in [2.75, 3.05) is 25.6 Å². The summed E-state index contributed by atoms with van der Waals surface area (Å²) in [5, 5.41) is 31.1. The van der Waals surface area contributed by atoms with Crippen LogP contribution in [0.2, 0.25) is 0 Å². The number of rotatable bonds is 36. The van der Waals surface area contributed by atoms with E-state index in [0.29, 0.717) is 18.8 Å². The first kappa shape index (κ1) is 60.3. The van der Waals surface area contributed by atoms with Gasteiger partial charge in [-0.05, 0) is 56.9 Å². The minimum atomic E-state index is -5.45. The van der Waals surface area contributed by atoms with Gasteiger partial charge in [0.2, 0.25) is 0 Å². The standard InChI is InChI=1S/C47H75N3O16P2/c1-4-6-7-8-9-10-11-12-13-14-15-19-23-28-38(51)29-24-21-26-30-42(52)61-34-39(64-43(53)31-25-20-17-16-18-22-27-37(3)5-2)35-62-67(57,58)66-68(59,60)63-36-40-44(54)45(55)46(65-40)50-33-32-41(48)49-47(50)56/h6-7,9-10,12-13,15,19,21,23-24,28,32-33,37-40,44-46,51,54-55H,4-5,8,11,14,16-18,20,22,25-27,29-31,34-36H2,1-3H3,(H,57,58)(H,59,60)(H2,48,49,56)/b7-6-,10-9-,13-12-,19-15-,24-21-,28-23-/t37?,38?,39-,40-,44-,45-,46-/m1/s1. The van der Waals surface area contributed by atoms with Crippen molar-refractivity contribution in [2.24, 2.45) is 5.92 Å². The molecule has 9 atom stereocenters. The van der Waals surface area contributed by atoms with Gasteiger partial charge in [-0.25, -0.2) is 13.9 Å². The number of ether oxygens (including phenoxy) is 3. The zero-order valence-electron chi connectivity index (χ0n) is 39.7. The van der Waals surface area contributed by atoms with E-state index >= 15 is 0 Å². The van der Waals surface area contributed by atoms with Gasteiger partial charge in [-0.1, -0.05) is 139 Å². The molecule has 0 amide bonds. The molecule has 0 aliphatic carbocycles. The summed E-state index contributed by atoms with van der Waals surface area (Å²) in [4.78, 5) is 61.7. The summed E-state index contributed by atoms with van der Waals surface area (Å²) < 4.78 is 56.4. The van der Waals surface area contributed by atoms with Gasteiger partial charge in [-0.15, -0.1) is 0 Å². The lowest BCUT2D eigenvalue weighted by atomic mass is 10.00. The highest BCUT2D eigenvalue weighted by Crippen LogP contribution is 2.60. The molecule has 1 fully saturated rings. The smallest absolute Gasteiger partial charge is 0.462 e. The number of carbonyl (C=O) groups is 2. The van der Waals surface area contributed by atoms with Gasteiger partial charge in [0, 0.05) is 19.0 Å². The van der Waals surface area contributed by atoms with Gasteiger partial charge in [-0.2, -0.15) is 9.29 Å². The molecule has 19 nitrogen and oxygen atoms in total. The Morgan fingerprint density at radius 3 is 2.16 bits per heavy atom. The molecular formula is C47H75N3O16P2. The van der Waals surface area contributed by atoms with Crippen LogP contribution < -0.4 is 11.4 Å². The third kappa shape index (κ3) is 27.4. The Bertz CT molecular complexity index is 1950. The SMILES string of the molecule is CC/C=C\C/C=C\C/C=C\C/C=C\C=C/C(O)C/C=C\CCC(=O)OC[C@H](COP(=O)(O)OP(=O)(O)OC[C@H]1O[C@@H](n2ccc(N)nc2=O)[C@H](O)[C@@H]1O)OC(=O)CCCCCCCCC(C)CC. The predicted molar refractivity (Wildman–Crippen MR) is 258 cm³/mol. The van der Waals surface area contributed by atoms with Gasteiger partial charge in [0.25, 0.3) is 0 Å². The molecule has 7 N–H and O–H groups in total. The molecule has 0 aromatic carbocycles. The summed E-state index contributed by atoms with van der Waals surface area (Å²) in [7, 11) is -10.9. The summed E-state index contributed by atoms with van der Waals surface area (Å²) in [6, 6.07) is 1.23. The zero-order valence-corrected chi connectivity index (χ0v) is 41.4. The zero-order chi connectivity index (χ0) is 50.2. The molecule has 0 bridgehead atoms. The van der Waals surface area contributed by atoms with Crippen molar-refractivity contribution < 1.29 is 71.4 Å². The van der Waals surface area contributed by atoms with Crippen LogP contribution in [-0.2, 0) is 46.3 Å². The maximum absolute atomic E-state index is 12.8. The first-order chi connectivity index (χ1) is 32.5. The molecule has 1 aromatic rings. The van der Waals surface area contributed by atoms with Crippen LogP contribution in [0.3, 0.4) is 0 Å². The molecule has 0 saturated carbocycles. The van der Waals surface area contributed by atoms with Crippen LogP contribution in [-0.4, -0.2) is 96.9 Å². The van der Waals surface area contributed by atoms with Crippen LogP contribution in [0.15, 0.2) is 90.0 Å². The van der Waals surface area contributed by atoms with Gasteiger partial charge in [0.05, 0.1) is 19.3 Å². The summed E-state index contributed by atoms with van der Waals surface area (Å²) in [5.41, 5.74) is 4.56. The van der Waals surface area contributed by atoms with Crippen molar-refractivity contribution in [3.05, 3.63) is 95.7 Å². The molecule has 2 heterocycles. The normalized spacial score (nSPS) is 21.1. The lowest BCUT2D eigenvalue weighted by Gasteiger charge is -2.21. The van der Waals surface area contributed by atoms with E-state index in [4.69, 9.17) is 29.0 Å².